The molecule has 1 heterocycles. The summed E-state index contributed by atoms with van der Waals surface area (Å²) in [7, 11) is 1.25. The zero-order valence-corrected chi connectivity index (χ0v) is 11.3. The molecule has 0 aromatic rings. The first-order valence-corrected chi connectivity index (χ1v) is 6.12. The molecule has 2 atom stereocenters. The van der Waals surface area contributed by atoms with Gasteiger partial charge in [-0.2, -0.15) is 0 Å². The van der Waals surface area contributed by atoms with E-state index in [1.165, 1.54) is 12.0 Å². The molecule has 1 aliphatic rings. The van der Waals surface area contributed by atoms with Crippen LogP contribution in [0.25, 0.3) is 0 Å². The van der Waals surface area contributed by atoms with Crippen molar-refractivity contribution in [1.82, 2.24) is 4.90 Å². The van der Waals surface area contributed by atoms with E-state index in [-0.39, 0.29) is 18.5 Å². The topological polar surface area (TPSA) is 93.1 Å². The number of hydrogen-bond donors (Lipinski definition) is 1. The number of rotatable bonds is 5. The van der Waals surface area contributed by atoms with Crippen LogP contribution in [0.5, 0.6) is 0 Å². The highest BCUT2D eigenvalue weighted by Crippen LogP contribution is 2.22. The molecule has 1 fully saturated rings. The van der Waals surface area contributed by atoms with E-state index in [1.807, 2.05) is 0 Å². The second-order valence-corrected chi connectivity index (χ2v) is 4.66. The first kappa shape index (κ1) is 15.4. The van der Waals surface area contributed by atoms with Gasteiger partial charge in [-0.05, 0) is 26.7 Å². The lowest BCUT2D eigenvalue weighted by Crippen LogP contribution is -2.46. The molecular formula is C12H19NO6. The Kier molecular flexibility index (Phi) is 5.29. The molecule has 0 saturated carbocycles. The fourth-order valence-electron chi connectivity index (χ4n) is 1.90. The van der Waals surface area contributed by atoms with E-state index >= 15 is 0 Å². The second-order valence-electron chi connectivity index (χ2n) is 4.66. The highest BCUT2D eigenvalue weighted by atomic mass is 16.5. The second kappa shape index (κ2) is 6.51. The number of ether oxygens (including phenoxy) is 2. The number of carbonyl (C=O) groups excluding carboxylic acids is 2. The zero-order chi connectivity index (χ0) is 14.6. The molecule has 0 radical (unpaired) electrons. The average Bonchev–Trinajstić information content (AvgIpc) is 2.84. The highest BCUT2D eigenvalue weighted by Gasteiger charge is 2.37. The molecule has 2 unspecified atom stereocenters. The molecule has 0 bridgehead atoms. The van der Waals surface area contributed by atoms with Crippen LogP contribution in [0.4, 0.5) is 0 Å². The van der Waals surface area contributed by atoms with E-state index in [0.29, 0.717) is 12.8 Å². The molecule has 0 aromatic carbocycles. The minimum Gasteiger partial charge on any atom is -0.479 e. The Hall–Kier alpha value is -1.63. The Bertz CT molecular complexity index is 367. The van der Waals surface area contributed by atoms with Gasteiger partial charge in [0.2, 0.25) is 0 Å². The molecule has 7 nitrogen and oxygen atoms in total. The van der Waals surface area contributed by atoms with Crippen LogP contribution in [-0.2, 0) is 23.9 Å². The predicted octanol–water partition coefficient (Wildman–Crippen LogP) is 0.0286. The van der Waals surface area contributed by atoms with Gasteiger partial charge in [0.1, 0.15) is 12.6 Å². The van der Waals surface area contributed by atoms with Gasteiger partial charge < -0.3 is 19.5 Å². The van der Waals surface area contributed by atoms with E-state index in [9.17, 15) is 14.4 Å². The van der Waals surface area contributed by atoms with E-state index in [0.717, 1.165) is 0 Å². The smallest absolute Gasteiger partial charge is 0.332 e. The maximum absolute atomic E-state index is 12.2. The summed E-state index contributed by atoms with van der Waals surface area (Å²) in [6.07, 6.45) is -1.09. The van der Waals surface area contributed by atoms with Gasteiger partial charge in [0.25, 0.3) is 5.91 Å². The van der Waals surface area contributed by atoms with Crippen molar-refractivity contribution in [2.45, 2.75) is 44.9 Å². The van der Waals surface area contributed by atoms with Crippen LogP contribution in [0.3, 0.4) is 0 Å². The molecule has 0 spiro atoms. The third-order valence-electron chi connectivity index (χ3n) is 3.00. The monoisotopic (exact) mass is 273 g/mol. The van der Waals surface area contributed by atoms with Gasteiger partial charge in [-0.15, -0.1) is 0 Å². The van der Waals surface area contributed by atoms with Gasteiger partial charge in [-0.3, -0.25) is 9.59 Å². The number of amides is 1. The third-order valence-corrected chi connectivity index (χ3v) is 3.00. The summed E-state index contributed by atoms with van der Waals surface area (Å²) in [4.78, 5) is 35.6. The SMILES string of the molecule is COC(=O)CN(C(=O)C1CCC(C(=O)O)O1)C(C)C. The molecule has 19 heavy (non-hydrogen) atoms. The number of hydrogen-bond acceptors (Lipinski definition) is 5. The van der Waals surface area contributed by atoms with Crippen molar-refractivity contribution in [3.05, 3.63) is 0 Å². The van der Waals surface area contributed by atoms with Crippen molar-refractivity contribution in [2.24, 2.45) is 0 Å². The molecule has 1 saturated heterocycles. The first-order chi connectivity index (χ1) is 8.86. The van der Waals surface area contributed by atoms with E-state index in [4.69, 9.17) is 9.84 Å². The van der Waals surface area contributed by atoms with Gasteiger partial charge in [-0.1, -0.05) is 0 Å². The number of methoxy groups -OCH3 is 1. The third kappa shape index (κ3) is 3.92. The van der Waals surface area contributed by atoms with Crippen molar-refractivity contribution in [3.63, 3.8) is 0 Å². The van der Waals surface area contributed by atoms with Gasteiger partial charge in [-0.25, -0.2) is 4.79 Å². The van der Waals surface area contributed by atoms with Gasteiger partial charge in [0.05, 0.1) is 7.11 Å². The van der Waals surface area contributed by atoms with E-state index in [1.54, 1.807) is 13.8 Å². The maximum atomic E-state index is 12.2. The van der Waals surface area contributed by atoms with Crippen molar-refractivity contribution < 1.29 is 29.0 Å². The summed E-state index contributed by atoms with van der Waals surface area (Å²) in [5, 5.41) is 8.82. The number of esters is 1. The van der Waals surface area contributed by atoms with Crippen LogP contribution in [0.15, 0.2) is 0 Å². The molecular weight excluding hydrogens is 254 g/mol. The van der Waals surface area contributed by atoms with E-state index < -0.39 is 24.1 Å². The lowest BCUT2D eigenvalue weighted by atomic mass is 10.1. The van der Waals surface area contributed by atoms with Crippen LogP contribution in [0.2, 0.25) is 0 Å². The number of carboxylic acids is 1. The lowest BCUT2D eigenvalue weighted by molar-refractivity contribution is -0.158. The molecule has 1 aliphatic heterocycles. The Labute approximate surface area is 111 Å². The fraction of sp³-hybridized carbons (Fsp3) is 0.750. The predicted molar refractivity (Wildman–Crippen MR) is 64.4 cm³/mol. The quantitative estimate of drug-likeness (QED) is 0.710. The zero-order valence-electron chi connectivity index (χ0n) is 11.3. The standard InChI is InChI=1S/C12H19NO6/c1-7(2)13(6-10(14)18-3)11(15)8-4-5-9(19-8)12(16)17/h7-9H,4-6H2,1-3H3,(H,16,17). The summed E-state index contributed by atoms with van der Waals surface area (Å²) in [5.41, 5.74) is 0. The van der Waals surface area contributed by atoms with Crippen LogP contribution in [-0.4, -0.2) is 59.8 Å². The summed E-state index contributed by atoms with van der Waals surface area (Å²) >= 11 is 0. The molecule has 108 valence electrons. The Morgan fingerprint density at radius 2 is 1.89 bits per heavy atom. The Morgan fingerprint density at radius 1 is 1.32 bits per heavy atom. The number of carboxylic acid groups (broad SMARTS) is 1. The normalized spacial score (nSPS) is 22.3. The molecule has 0 aliphatic carbocycles. The Balaban J connectivity index is 2.68. The molecule has 1 rings (SSSR count). The average molecular weight is 273 g/mol. The minimum absolute atomic E-state index is 0.162. The molecule has 1 amide bonds. The number of carbonyl (C=O) groups is 3. The maximum Gasteiger partial charge on any atom is 0.332 e. The van der Waals surface area contributed by atoms with Crippen LogP contribution in [0, 0.1) is 0 Å². The number of nitrogens with zero attached hydrogens (tertiary/aromatic N) is 1. The summed E-state index contributed by atoms with van der Waals surface area (Å²) in [6, 6.07) is -0.195. The molecule has 1 N–H and O–H groups in total. The molecule has 0 aromatic heterocycles. The highest BCUT2D eigenvalue weighted by molar-refractivity contribution is 5.86. The largest absolute Gasteiger partial charge is 0.479 e. The number of aliphatic carboxylic acids is 1. The van der Waals surface area contributed by atoms with Crippen LogP contribution in [0.1, 0.15) is 26.7 Å². The van der Waals surface area contributed by atoms with Crippen molar-refractivity contribution >= 4 is 17.8 Å². The van der Waals surface area contributed by atoms with Gasteiger partial charge in [0, 0.05) is 6.04 Å². The van der Waals surface area contributed by atoms with E-state index in [2.05, 4.69) is 4.74 Å². The van der Waals surface area contributed by atoms with Crippen molar-refractivity contribution in [1.29, 1.82) is 0 Å². The summed E-state index contributed by atoms with van der Waals surface area (Å²) in [6.45, 7) is 3.37. The van der Waals surface area contributed by atoms with Gasteiger partial charge in [0.15, 0.2) is 6.10 Å². The fourth-order valence-corrected chi connectivity index (χ4v) is 1.90. The van der Waals surface area contributed by atoms with Crippen molar-refractivity contribution in [3.8, 4) is 0 Å². The first-order valence-electron chi connectivity index (χ1n) is 6.12. The van der Waals surface area contributed by atoms with Crippen molar-refractivity contribution in [2.75, 3.05) is 13.7 Å². The lowest BCUT2D eigenvalue weighted by Gasteiger charge is -2.27. The van der Waals surface area contributed by atoms with Crippen LogP contribution < -0.4 is 0 Å². The Morgan fingerprint density at radius 3 is 2.32 bits per heavy atom. The summed E-state index contributed by atoms with van der Waals surface area (Å²) in [5.74, 6) is -1.96. The summed E-state index contributed by atoms with van der Waals surface area (Å²) < 4.78 is 9.72. The van der Waals surface area contributed by atoms with Gasteiger partial charge >= 0.3 is 11.9 Å². The molecule has 7 heteroatoms. The minimum atomic E-state index is -1.07. The van der Waals surface area contributed by atoms with Crippen LogP contribution >= 0.6 is 0 Å².